The minimum absolute atomic E-state index is 0.0357. The molecule has 6 nitrogen and oxygen atoms in total. The van der Waals surface area contributed by atoms with Crippen LogP contribution in [-0.4, -0.2) is 28.9 Å². The molecule has 1 aromatic heterocycles. The molecule has 0 aliphatic carbocycles. The Kier molecular flexibility index (Phi) is 5.42. The number of Topliss-reactive ketones (excluding diaryl/α,β-unsaturated/α-hetero) is 1. The summed E-state index contributed by atoms with van der Waals surface area (Å²) in [4.78, 5) is 32.8. The molecule has 7 heteroatoms. The molecule has 1 amide bonds. The van der Waals surface area contributed by atoms with Gasteiger partial charge in [0.2, 0.25) is 0 Å². The van der Waals surface area contributed by atoms with Gasteiger partial charge in [0, 0.05) is 5.56 Å². The van der Waals surface area contributed by atoms with E-state index >= 15 is 0 Å². The van der Waals surface area contributed by atoms with Gasteiger partial charge in [-0.1, -0.05) is 47.7 Å². The predicted molar refractivity (Wildman–Crippen MR) is 133 cm³/mol. The highest BCUT2D eigenvalue weighted by molar-refractivity contribution is 7.22. The molecule has 5 rings (SSSR count). The summed E-state index contributed by atoms with van der Waals surface area (Å²) in [5.41, 5.74) is 4.08. The van der Waals surface area contributed by atoms with Gasteiger partial charge in [-0.25, -0.2) is 4.98 Å². The summed E-state index contributed by atoms with van der Waals surface area (Å²) < 4.78 is 6.13. The number of anilines is 1. The number of carbonyl (C=O) groups is 2. The maximum atomic E-state index is 13.3. The number of rotatable bonds is 4. The minimum atomic E-state index is -0.801. The molecule has 3 aromatic carbocycles. The van der Waals surface area contributed by atoms with Gasteiger partial charge in [-0.3, -0.25) is 14.5 Å². The Bertz CT molecular complexity index is 1460. The van der Waals surface area contributed by atoms with Crippen LogP contribution >= 0.6 is 11.3 Å². The lowest BCUT2D eigenvalue weighted by atomic mass is 9.95. The number of carbonyl (C=O) groups excluding carboxylic acids is 2. The molecule has 0 saturated carbocycles. The van der Waals surface area contributed by atoms with Crippen molar-refractivity contribution >= 4 is 44.1 Å². The van der Waals surface area contributed by atoms with Crippen LogP contribution in [0.3, 0.4) is 0 Å². The van der Waals surface area contributed by atoms with Crippen molar-refractivity contribution in [3.05, 3.63) is 94.6 Å². The van der Waals surface area contributed by atoms with Gasteiger partial charge < -0.3 is 9.84 Å². The molecule has 1 N–H and O–H groups in total. The summed E-state index contributed by atoms with van der Waals surface area (Å²) in [5.74, 6) is -1.06. The monoisotopic (exact) mass is 470 g/mol. The maximum absolute atomic E-state index is 13.3. The van der Waals surface area contributed by atoms with Crippen molar-refractivity contribution < 1.29 is 19.4 Å². The average molecular weight is 471 g/mol. The van der Waals surface area contributed by atoms with Crippen LogP contribution in [0, 0.1) is 13.8 Å². The summed E-state index contributed by atoms with van der Waals surface area (Å²) >= 11 is 1.36. The highest BCUT2D eigenvalue weighted by atomic mass is 32.1. The lowest BCUT2D eigenvalue weighted by Gasteiger charge is -2.22. The summed E-state index contributed by atoms with van der Waals surface area (Å²) in [6, 6.07) is 19.2. The number of aromatic nitrogens is 1. The van der Waals surface area contributed by atoms with Gasteiger partial charge in [-0.2, -0.15) is 0 Å². The molecule has 170 valence electrons. The first-order chi connectivity index (χ1) is 16.4. The highest BCUT2D eigenvalue weighted by Crippen LogP contribution is 2.44. The SMILES string of the molecule is COc1ccc(/C(O)=C2\C(=O)C(=O)N(c3nc4c(C)cc(C)cc4s3)[C@@H]2c2ccccc2)cc1. The van der Waals surface area contributed by atoms with Crippen LogP contribution < -0.4 is 9.64 Å². The number of hydrogen-bond donors (Lipinski definition) is 1. The number of hydrogen-bond acceptors (Lipinski definition) is 6. The van der Waals surface area contributed by atoms with E-state index in [0.29, 0.717) is 22.0 Å². The largest absolute Gasteiger partial charge is 0.507 e. The van der Waals surface area contributed by atoms with E-state index in [2.05, 4.69) is 0 Å². The zero-order chi connectivity index (χ0) is 24.0. The Hall–Kier alpha value is -3.97. The van der Waals surface area contributed by atoms with Crippen molar-refractivity contribution in [2.75, 3.05) is 12.0 Å². The normalized spacial score (nSPS) is 17.5. The molecule has 1 saturated heterocycles. The van der Waals surface area contributed by atoms with E-state index in [-0.39, 0.29) is 11.3 Å². The smallest absolute Gasteiger partial charge is 0.301 e. The van der Waals surface area contributed by atoms with Crippen molar-refractivity contribution in [1.29, 1.82) is 0 Å². The second kappa shape index (κ2) is 8.43. The number of amides is 1. The molecule has 1 aliphatic heterocycles. The fraction of sp³-hybridized carbons (Fsp3) is 0.148. The number of aryl methyl sites for hydroxylation is 2. The third-order valence-corrected chi connectivity index (χ3v) is 6.95. The number of methoxy groups -OCH3 is 1. The van der Waals surface area contributed by atoms with Crippen LogP contribution in [0.25, 0.3) is 16.0 Å². The summed E-state index contributed by atoms with van der Waals surface area (Å²) in [6.45, 7) is 3.99. The zero-order valence-corrected chi connectivity index (χ0v) is 19.7. The summed E-state index contributed by atoms with van der Waals surface area (Å²) in [6.07, 6.45) is 0. The Labute approximate surface area is 200 Å². The van der Waals surface area contributed by atoms with Crippen LogP contribution in [0.1, 0.15) is 28.3 Å². The fourth-order valence-electron chi connectivity index (χ4n) is 4.35. The van der Waals surface area contributed by atoms with Gasteiger partial charge >= 0.3 is 5.91 Å². The quantitative estimate of drug-likeness (QED) is 0.240. The average Bonchev–Trinajstić information content (AvgIpc) is 3.38. The lowest BCUT2D eigenvalue weighted by Crippen LogP contribution is -2.29. The first kappa shape index (κ1) is 21.9. The van der Waals surface area contributed by atoms with Gasteiger partial charge in [-0.15, -0.1) is 0 Å². The van der Waals surface area contributed by atoms with Crippen molar-refractivity contribution in [2.45, 2.75) is 19.9 Å². The maximum Gasteiger partial charge on any atom is 0.301 e. The first-order valence-corrected chi connectivity index (χ1v) is 11.6. The van der Waals surface area contributed by atoms with Crippen molar-refractivity contribution in [2.24, 2.45) is 0 Å². The standard InChI is InChI=1S/C27H22N2O4S/c1-15-13-16(2)22-20(14-15)34-27(28-22)29-23(17-7-5-4-6-8-17)21(25(31)26(29)32)24(30)18-9-11-19(33-3)12-10-18/h4-14,23,30H,1-3H3/b24-21+/t23-/m1/s1. The molecule has 0 radical (unpaired) electrons. The van der Waals surface area contributed by atoms with E-state index in [0.717, 1.165) is 21.3 Å². The van der Waals surface area contributed by atoms with Crippen LogP contribution in [0.2, 0.25) is 0 Å². The molecule has 1 atom stereocenters. The van der Waals surface area contributed by atoms with E-state index in [1.807, 2.05) is 56.3 Å². The second-order valence-corrected chi connectivity index (χ2v) is 9.24. The molecule has 4 aromatic rings. The van der Waals surface area contributed by atoms with E-state index in [4.69, 9.17) is 9.72 Å². The van der Waals surface area contributed by atoms with Crippen molar-refractivity contribution in [1.82, 2.24) is 4.98 Å². The molecular weight excluding hydrogens is 448 g/mol. The van der Waals surface area contributed by atoms with E-state index in [1.54, 1.807) is 31.4 Å². The lowest BCUT2D eigenvalue weighted by molar-refractivity contribution is -0.132. The van der Waals surface area contributed by atoms with Gasteiger partial charge in [0.05, 0.1) is 28.9 Å². The van der Waals surface area contributed by atoms with Crippen molar-refractivity contribution in [3.8, 4) is 5.75 Å². The molecule has 0 spiro atoms. The Morgan fingerprint density at radius 2 is 1.74 bits per heavy atom. The first-order valence-electron chi connectivity index (χ1n) is 10.8. The number of aliphatic hydroxyl groups is 1. The fourth-order valence-corrected chi connectivity index (χ4v) is 5.52. The van der Waals surface area contributed by atoms with Crippen LogP contribution in [0.4, 0.5) is 5.13 Å². The highest BCUT2D eigenvalue weighted by Gasteiger charge is 2.48. The number of aliphatic hydroxyl groups excluding tert-OH is 1. The zero-order valence-electron chi connectivity index (χ0n) is 18.9. The van der Waals surface area contributed by atoms with Gasteiger partial charge in [0.15, 0.2) is 5.13 Å². The molecule has 34 heavy (non-hydrogen) atoms. The van der Waals surface area contributed by atoms with Gasteiger partial charge in [-0.05, 0) is 60.9 Å². The predicted octanol–water partition coefficient (Wildman–Crippen LogP) is 5.55. The number of nitrogens with zero attached hydrogens (tertiary/aromatic N) is 2. The Balaban J connectivity index is 1.71. The van der Waals surface area contributed by atoms with Gasteiger partial charge in [0.25, 0.3) is 5.78 Å². The van der Waals surface area contributed by atoms with Crippen LogP contribution in [0.15, 0.2) is 72.3 Å². The van der Waals surface area contributed by atoms with E-state index in [9.17, 15) is 14.7 Å². The van der Waals surface area contributed by atoms with Crippen LogP contribution in [-0.2, 0) is 9.59 Å². The Morgan fingerprint density at radius 3 is 2.41 bits per heavy atom. The number of thiazole rings is 1. The third-order valence-electron chi connectivity index (χ3n) is 5.95. The molecule has 1 fully saturated rings. The number of ketones is 1. The molecular formula is C27H22N2O4S. The molecule has 1 aliphatic rings. The van der Waals surface area contributed by atoms with Crippen molar-refractivity contribution in [3.63, 3.8) is 0 Å². The third kappa shape index (κ3) is 3.54. The van der Waals surface area contributed by atoms with Gasteiger partial charge in [0.1, 0.15) is 11.5 Å². The van der Waals surface area contributed by atoms with E-state index in [1.165, 1.54) is 16.2 Å². The molecule has 0 unspecified atom stereocenters. The summed E-state index contributed by atoms with van der Waals surface area (Å²) in [7, 11) is 1.55. The molecule has 0 bridgehead atoms. The Morgan fingerprint density at radius 1 is 1.03 bits per heavy atom. The van der Waals surface area contributed by atoms with Crippen LogP contribution in [0.5, 0.6) is 5.75 Å². The van der Waals surface area contributed by atoms with E-state index < -0.39 is 17.7 Å². The number of ether oxygens (including phenoxy) is 1. The molecule has 2 heterocycles. The summed E-state index contributed by atoms with van der Waals surface area (Å²) in [5, 5.41) is 11.6. The number of benzene rings is 3. The topological polar surface area (TPSA) is 79.7 Å². The minimum Gasteiger partial charge on any atom is -0.507 e. The number of fused-ring (bicyclic) bond motifs is 1. The second-order valence-electron chi connectivity index (χ2n) is 8.23.